The van der Waals surface area contributed by atoms with E-state index in [1.165, 1.54) is 16.7 Å². The van der Waals surface area contributed by atoms with E-state index >= 15 is 0 Å². The zero-order valence-electron chi connectivity index (χ0n) is 11.9. The van der Waals surface area contributed by atoms with Crippen LogP contribution in [-0.4, -0.2) is 11.5 Å². The van der Waals surface area contributed by atoms with Crippen LogP contribution in [0.2, 0.25) is 0 Å². The van der Waals surface area contributed by atoms with E-state index in [-0.39, 0.29) is 0 Å². The fraction of sp³-hybridized carbons (Fsp3) is 0.438. The van der Waals surface area contributed by atoms with Crippen LogP contribution < -0.4 is 5.32 Å². The Morgan fingerprint density at radius 3 is 2.63 bits per heavy atom. The summed E-state index contributed by atoms with van der Waals surface area (Å²) >= 11 is 1.78. The van der Waals surface area contributed by atoms with Crippen molar-refractivity contribution < 1.29 is 0 Å². The number of likely N-dealkylation sites (N-methyl/N-ethyl adjacent to an activating group) is 1. The molecule has 0 aliphatic carbocycles. The normalized spacial score (nSPS) is 12.6. The Hall–Kier alpha value is -1.19. The summed E-state index contributed by atoms with van der Waals surface area (Å²) in [6.45, 7) is 7.48. The maximum atomic E-state index is 4.57. The minimum Gasteiger partial charge on any atom is -0.310 e. The molecular formula is C16H22N2S. The Bertz CT molecular complexity index is 502. The van der Waals surface area contributed by atoms with Gasteiger partial charge in [0.2, 0.25) is 0 Å². The van der Waals surface area contributed by atoms with E-state index in [1.807, 2.05) is 6.20 Å². The molecule has 2 nitrogen and oxygen atoms in total. The second-order valence-electron chi connectivity index (χ2n) is 4.84. The van der Waals surface area contributed by atoms with E-state index in [9.17, 15) is 0 Å². The predicted molar refractivity (Wildman–Crippen MR) is 82.8 cm³/mol. The third kappa shape index (κ3) is 3.64. The van der Waals surface area contributed by atoms with Gasteiger partial charge in [-0.3, -0.25) is 4.98 Å². The van der Waals surface area contributed by atoms with Crippen LogP contribution in [0.25, 0.3) is 0 Å². The molecule has 0 amide bonds. The summed E-state index contributed by atoms with van der Waals surface area (Å²) in [4.78, 5) is 4.57. The molecule has 2 aromatic rings. The molecule has 102 valence electrons. The van der Waals surface area contributed by atoms with Crippen LogP contribution in [-0.2, 0) is 12.8 Å². The summed E-state index contributed by atoms with van der Waals surface area (Å²) in [5.41, 5.74) is 5.25. The van der Waals surface area contributed by atoms with Crippen molar-refractivity contribution in [2.45, 2.75) is 39.7 Å². The quantitative estimate of drug-likeness (QED) is 0.864. The largest absolute Gasteiger partial charge is 0.310 e. The van der Waals surface area contributed by atoms with Gasteiger partial charge in [0, 0.05) is 24.4 Å². The summed E-state index contributed by atoms with van der Waals surface area (Å²) < 4.78 is 0. The fourth-order valence-electron chi connectivity index (χ4n) is 2.26. The minimum absolute atomic E-state index is 0.372. The minimum atomic E-state index is 0.372. The Morgan fingerprint density at radius 1 is 1.26 bits per heavy atom. The molecule has 1 N–H and O–H groups in total. The third-order valence-electron chi connectivity index (χ3n) is 3.43. The molecule has 0 bridgehead atoms. The van der Waals surface area contributed by atoms with Crippen LogP contribution in [0.1, 0.15) is 42.3 Å². The fourth-order valence-corrected chi connectivity index (χ4v) is 3.16. The molecule has 0 fully saturated rings. The molecule has 1 atom stereocenters. The highest BCUT2D eigenvalue weighted by molar-refractivity contribution is 7.08. The van der Waals surface area contributed by atoms with Gasteiger partial charge in [-0.2, -0.15) is 11.3 Å². The molecule has 3 heteroatoms. The van der Waals surface area contributed by atoms with E-state index < -0.39 is 0 Å². The van der Waals surface area contributed by atoms with Gasteiger partial charge in [-0.1, -0.05) is 19.9 Å². The predicted octanol–water partition coefficient (Wildman–Crippen LogP) is 3.91. The highest BCUT2D eigenvalue weighted by atomic mass is 32.1. The number of aromatic nitrogens is 1. The van der Waals surface area contributed by atoms with Crippen LogP contribution in [0.4, 0.5) is 0 Å². The molecule has 2 heterocycles. The number of rotatable bonds is 6. The molecule has 19 heavy (non-hydrogen) atoms. The lowest BCUT2D eigenvalue weighted by atomic mass is 10.0. The number of hydrogen-bond acceptors (Lipinski definition) is 3. The first kappa shape index (κ1) is 14.2. The summed E-state index contributed by atoms with van der Waals surface area (Å²) in [7, 11) is 0. The van der Waals surface area contributed by atoms with E-state index in [1.54, 1.807) is 11.3 Å². The Kier molecular flexibility index (Phi) is 5.11. The first-order chi connectivity index (χ1) is 9.24. The number of thiophene rings is 1. The third-order valence-corrected chi connectivity index (χ3v) is 4.31. The van der Waals surface area contributed by atoms with Gasteiger partial charge >= 0.3 is 0 Å². The lowest BCUT2D eigenvalue weighted by Crippen LogP contribution is -2.23. The first-order valence-electron chi connectivity index (χ1n) is 6.94. The molecule has 0 aliphatic heterocycles. The van der Waals surface area contributed by atoms with Gasteiger partial charge in [0.1, 0.15) is 0 Å². The first-order valence-corrected chi connectivity index (χ1v) is 7.88. The average Bonchev–Trinajstić information content (AvgIpc) is 2.85. The van der Waals surface area contributed by atoms with E-state index in [2.05, 4.69) is 54.0 Å². The van der Waals surface area contributed by atoms with Gasteiger partial charge in [-0.15, -0.1) is 0 Å². The number of nitrogens with one attached hydrogen (secondary N) is 1. The van der Waals surface area contributed by atoms with Gasteiger partial charge in [-0.05, 0) is 53.4 Å². The molecule has 2 rings (SSSR count). The molecule has 0 radical (unpaired) electrons. The van der Waals surface area contributed by atoms with E-state index in [0.717, 1.165) is 25.1 Å². The lowest BCUT2D eigenvalue weighted by molar-refractivity contribution is 0.543. The molecule has 2 aromatic heterocycles. The number of aryl methyl sites for hydroxylation is 2. The molecule has 1 unspecified atom stereocenters. The van der Waals surface area contributed by atoms with Crippen LogP contribution in [0.5, 0.6) is 0 Å². The topological polar surface area (TPSA) is 24.9 Å². The average molecular weight is 274 g/mol. The maximum absolute atomic E-state index is 4.57. The van der Waals surface area contributed by atoms with Gasteiger partial charge in [0.05, 0.1) is 0 Å². The number of nitrogens with zero attached hydrogens (tertiary/aromatic N) is 1. The zero-order valence-corrected chi connectivity index (χ0v) is 12.8. The van der Waals surface area contributed by atoms with Gasteiger partial charge < -0.3 is 5.32 Å². The van der Waals surface area contributed by atoms with Crippen molar-refractivity contribution in [3.8, 4) is 0 Å². The second kappa shape index (κ2) is 6.83. The molecule has 0 spiro atoms. The van der Waals surface area contributed by atoms with Crippen molar-refractivity contribution in [1.29, 1.82) is 0 Å². The van der Waals surface area contributed by atoms with Crippen LogP contribution in [0.3, 0.4) is 0 Å². The Labute approximate surface area is 119 Å². The van der Waals surface area contributed by atoms with E-state index in [0.29, 0.717) is 6.04 Å². The van der Waals surface area contributed by atoms with Crippen molar-refractivity contribution in [1.82, 2.24) is 10.3 Å². The van der Waals surface area contributed by atoms with Crippen molar-refractivity contribution in [2.24, 2.45) is 0 Å². The molecule has 0 saturated carbocycles. The van der Waals surface area contributed by atoms with Crippen LogP contribution in [0, 0.1) is 6.92 Å². The van der Waals surface area contributed by atoms with Crippen molar-refractivity contribution in [2.75, 3.05) is 6.54 Å². The summed E-state index contributed by atoms with van der Waals surface area (Å²) in [6, 6.07) is 4.72. The SMILES string of the molecule is CCNC(Cc1ccc(CC)cn1)c1cscc1C. The van der Waals surface area contributed by atoms with Crippen molar-refractivity contribution in [3.05, 3.63) is 51.5 Å². The number of pyridine rings is 1. The number of hydrogen-bond donors (Lipinski definition) is 1. The monoisotopic (exact) mass is 274 g/mol. The highest BCUT2D eigenvalue weighted by Crippen LogP contribution is 2.24. The zero-order chi connectivity index (χ0) is 13.7. The van der Waals surface area contributed by atoms with Crippen molar-refractivity contribution >= 4 is 11.3 Å². The Morgan fingerprint density at radius 2 is 2.11 bits per heavy atom. The van der Waals surface area contributed by atoms with Gasteiger partial charge in [0.15, 0.2) is 0 Å². The molecule has 0 aliphatic rings. The summed E-state index contributed by atoms with van der Waals surface area (Å²) in [5, 5.41) is 8.04. The van der Waals surface area contributed by atoms with Crippen LogP contribution in [0.15, 0.2) is 29.1 Å². The second-order valence-corrected chi connectivity index (χ2v) is 5.58. The molecule has 0 saturated heterocycles. The van der Waals surface area contributed by atoms with E-state index in [4.69, 9.17) is 0 Å². The highest BCUT2D eigenvalue weighted by Gasteiger charge is 2.14. The smallest absolute Gasteiger partial charge is 0.0422 e. The Balaban J connectivity index is 2.14. The van der Waals surface area contributed by atoms with Gasteiger partial charge in [-0.25, -0.2) is 0 Å². The summed E-state index contributed by atoms with van der Waals surface area (Å²) in [6.07, 6.45) is 4.00. The van der Waals surface area contributed by atoms with Crippen LogP contribution >= 0.6 is 11.3 Å². The maximum Gasteiger partial charge on any atom is 0.0422 e. The summed E-state index contributed by atoms with van der Waals surface area (Å²) in [5.74, 6) is 0. The lowest BCUT2D eigenvalue weighted by Gasteiger charge is -2.18. The van der Waals surface area contributed by atoms with Crippen molar-refractivity contribution in [3.63, 3.8) is 0 Å². The molecule has 0 aromatic carbocycles. The van der Waals surface area contributed by atoms with Gasteiger partial charge in [0.25, 0.3) is 0 Å². The molecular weight excluding hydrogens is 252 g/mol. The standard InChI is InChI=1S/C16H22N2S/c1-4-13-6-7-14(18-9-13)8-16(17-5-2)15-11-19-10-12(15)3/h6-7,9-11,16-17H,4-5,8H2,1-3H3.